The van der Waals surface area contributed by atoms with Crippen molar-refractivity contribution in [3.8, 4) is 0 Å². The van der Waals surface area contributed by atoms with Crippen molar-refractivity contribution in [2.24, 2.45) is 0 Å². The van der Waals surface area contributed by atoms with E-state index in [9.17, 15) is 3.02 Å². The van der Waals surface area contributed by atoms with Gasteiger partial charge in [0, 0.05) is 0 Å². The van der Waals surface area contributed by atoms with Gasteiger partial charge in [0.1, 0.15) is 0 Å². The molecule has 0 aliphatic carbocycles. The number of hydrogen-bond acceptors (Lipinski definition) is 1. The van der Waals surface area contributed by atoms with E-state index >= 15 is 0 Å². The molecule has 0 atom stereocenters. The SMILES string of the molecule is C[CH](C)[Sb](=[O])[CH](C)C. The van der Waals surface area contributed by atoms with Crippen LogP contribution in [-0.2, 0) is 3.02 Å². The summed E-state index contributed by atoms with van der Waals surface area (Å²) in [4.78, 5) is 0. The third-order valence-corrected chi connectivity index (χ3v) is 6.83. The Morgan fingerprint density at radius 2 is 1.25 bits per heavy atom. The Labute approximate surface area is 58.8 Å². The van der Waals surface area contributed by atoms with Crippen molar-refractivity contribution >= 4 is 20.2 Å². The average Bonchev–Trinajstić information content (AvgIpc) is 1.64. The van der Waals surface area contributed by atoms with Gasteiger partial charge in [-0.25, -0.2) is 0 Å². The van der Waals surface area contributed by atoms with E-state index in [0.29, 0.717) is 7.73 Å². The van der Waals surface area contributed by atoms with Crippen molar-refractivity contribution in [2.75, 3.05) is 0 Å². The van der Waals surface area contributed by atoms with Gasteiger partial charge in [0.25, 0.3) is 0 Å². The van der Waals surface area contributed by atoms with Crippen LogP contribution in [-0.4, -0.2) is 20.2 Å². The second-order valence-corrected chi connectivity index (χ2v) is 10.5. The van der Waals surface area contributed by atoms with Gasteiger partial charge in [-0.2, -0.15) is 0 Å². The van der Waals surface area contributed by atoms with Crippen molar-refractivity contribution in [3.63, 3.8) is 0 Å². The predicted octanol–water partition coefficient (Wildman–Crippen LogP) is 2.23. The van der Waals surface area contributed by atoms with E-state index in [0.717, 1.165) is 0 Å². The van der Waals surface area contributed by atoms with E-state index in [2.05, 4.69) is 27.7 Å². The molecule has 0 bridgehead atoms. The number of hydrogen-bond donors (Lipinski definition) is 0. The standard InChI is InChI=1S/2C3H7.O.Sb/c2*1-3-2;;/h2*3H,1-2H3;;. The van der Waals surface area contributed by atoms with Gasteiger partial charge in [-0.15, -0.1) is 0 Å². The van der Waals surface area contributed by atoms with Crippen LogP contribution in [0.3, 0.4) is 0 Å². The van der Waals surface area contributed by atoms with Gasteiger partial charge in [-0.05, 0) is 0 Å². The monoisotopic (exact) mass is 223 g/mol. The summed E-state index contributed by atoms with van der Waals surface area (Å²) in [5, 5.41) is 0. The summed E-state index contributed by atoms with van der Waals surface area (Å²) in [5.41, 5.74) is 0. The molecule has 0 aliphatic heterocycles. The molecular formula is C6H14OSb. The third kappa shape index (κ3) is 2.81. The fourth-order valence-corrected chi connectivity index (χ4v) is 4.00. The minimum atomic E-state index is -1.99. The van der Waals surface area contributed by atoms with Crippen LogP contribution in [0.5, 0.6) is 0 Å². The van der Waals surface area contributed by atoms with Crippen LogP contribution in [0, 0.1) is 0 Å². The van der Waals surface area contributed by atoms with Crippen LogP contribution in [0.1, 0.15) is 27.7 Å². The zero-order chi connectivity index (χ0) is 6.73. The van der Waals surface area contributed by atoms with Crippen molar-refractivity contribution < 1.29 is 3.02 Å². The minimum absolute atomic E-state index is 0.470. The van der Waals surface area contributed by atoms with Crippen LogP contribution in [0.2, 0.25) is 7.73 Å². The molecule has 0 aromatic carbocycles. The molecule has 49 valence electrons. The van der Waals surface area contributed by atoms with Gasteiger partial charge in [0.15, 0.2) is 0 Å². The van der Waals surface area contributed by atoms with E-state index in [1.165, 1.54) is 0 Å². The first-order valence-corrected chi connectivity index (χ1v) is 7.00. The van der Waals surface area contributed by atoms with E-state index in [1.54, 1.807) is 0 Å². The second kappa shape index (κ2) is 3.61. The summed E-state index contributed by atoms with van der Waals surface area (Å²) < 4.78 is 12.0. The first-order chi connectivity index (χ1) is 3.55. The fourth-order valence-electron chi connectivity index (χ4n) is 0.596. The van der Waals surface area contributed by atoms with E-state index in [1.807, 2.05) is 0 Å². The third-order valence-electron chi connectivity index (χ3n) is 1.02. The van der Waals surface area contributed by atoms with Crippen LogP contribution < -0.4 is 0 Å². The molecule has 0 heterocycles. The molecule has 1 nitrogen and oxygen atoms in total. The summed E-state index contributed by atoms with van der Waals surface area (Å²) in [5.74, 6) is 0. The van der Waals surface area contributed by atoms with Crippen LogP contribution in [0.25, 0.3) is 0 Å². The Morgan fingerprint density at radius 1 is 1.00 bits per heavy atom. The topological polar surface area (TPSA) is 17.1 Å². The van der Waals surface area contributed by atoms with E-state index in [-0.39, 0.29) is 0 Å². The Kier molecular flexibility index (Phi) is 3.89. The molecule has 0 aliphatic rings. The van der Waals surface area contributed by atoms with Crippen molar-refractivity contribution in [3.05, 3.63) is 0 Å². The zero-order valence-electron chi connectivity index (χ0n) is 6.01. The Hall–Kier alpha value is 0.618. The molecule has 0 unspecified atom stereocenters. The Bertz CT molecular complexity index is 76.5. The summed E-state index contributed by atoms with van der Waals surface area (Å²) in [6.07, 6.45) is 0. The molecule has 0 rings (SSSR count). The second-order valence-electron chi connectivity index (χ2n) is 2.55. The van der Waals surface area contributed by atoms with Crippen molar-refractivity contribution in [2.45, 2.75) is 35.4 Å². The summed E-state index contributed by atoms with van der Waals surface area (Å²) in [6.45, 7) is 8.21. The Balaban J connectivity index is 3.65. The van der Waals surface area contributed by atoms with Crippen molar-refractivity contribution in [1.82, 2.24) is 0 Å². The summed E-state index contributed by atoms with van der Waals surface area (Å²) >= 11 is -1.99. The first-order valence-electron chi connectivity index (χ1n) is 3.01. The van der Waals surface area contributed by atoms with Gasteiger partial charge in [0.05, 0.1) is 0 Å². The molecule has 0 spiro atoms. The maximum atomic E-state index is 11.1. The fraction of sp³-hybridized carbons (Fsp3) is 1.00. The molecule has 0 fully saturated rings. The van der Waals surface area contributed by atoms with Crippen LogP contribution >= 0.6 is 0 Å². The molecule has 0 saturated heterocycles. The first kappa shape index (κ1) is 8.62. The zero-order valence-corrected chi connectivity index (χ0v) is 8.56. The number of rotatable bonds is 2. The van der Waals surface area contributed by atoms with Gasteiger partial charge < -0.3 is 0 Å². The molecule has 8 heavy (non-hydrogen) atoms. The van der Waals surface area contributed by atoms with Crippen LogP contribution in [0.15, 0.2) is 0 Å². The quantitative estimate of drug-likeness (QED) is 0.657. The van der Waals surface area contributed by atoms with Gasteiger partial charge in [0.2, 0.25) is 0 Å². The normalized spacial score (nSPS) is 10.8. The molecule has 0 aromatic rings. The summed E-state index contributed by atoms with van der Waals surface area (Å²) in [6, 6.07) is 0. The Morgan fingerprint density at radius 3 is 1.25 bits per heavy atom. The average molecular weight is 224 g/mol. The van der Waals surface area contributed by atoms with E-state index in [4.69, 9.17) is 0 Å². The van der Waals surface area contributed by atoms with Gasteiger partial charge in [-0.1, -0.05) is 0 Å². The molecule has 0 amide bonds. The molecule has 0 N–H and O–H groups in total. The molecule has 2 heteroatoms. The molecular weight excluding hydrogens is 210 g/mol. The van der Waals surface area contributed by atoms with Crippen LogP contribution in [0.4, 0.5) is 0 Å². The van der Waals surface area contributed by atoms with Gasteiger partial charge >= 0.3 is 58.6 Å². The molecule has 0 aromatic heterocycles. The van der Waals surface area contributed by atoms with Crippen molar-refractivity contribution in [1.29, 1.82) is 0 Å². The predicted molar refractivity (Wildman–Crippen MR) is 36.6 cm³/mol. The maximum absolute atomic E-state index is 11.1. The summed E-state index contributed by atoms with van der Waals surface area (Å²) in [7, 11) is 0. The molecule has 1 radical (unpaired) electrons. The van der Waals surface area contributed by atoms with Gasteiger partial charge in [-0.3, -0.25) is 0 Å². The van der Waals surface area contributed by atoms with E-state index < -0.39 is 20.2 Å². The molecule has 0 saturated carbocycles.